The number of hydrogen-bond acceptors (Lipinski definition) is 3. The molecule has 0 aliphatic carbocycles. The summed E-state index contributed by atoms with van der Waals surface area (Å²) in [6, 6.07) is 9.31. The number of hydrogen-bond donors (Lipinski definition) is 2. The van der Waals surface area contributed by atoms with Gasteiger partial charge in [-0.2, -0.15) is 0 Å². The fourth-order valence-electron chi connectivity index (χ4n) is 1.11. The molecule has 0 aliphatic rings. The molecule has 1 rings (SSSR count). The molecule has 3 nitrogen and oxygen atoms in total. The average Bonchev–Trinajstić information content (AvgIpc) is 2.19. The minimum absolute atomic E-state index is 0.362. The van der Waals surface area contributed by atoms with Crippen molar-refractivity contribution in [3.05, 3.63) is 35.9 Å². The van der Waals surface area contributed by atoms with E-state index in [-0.39, 0.29) is 0 Å². The molecule has 13 heavy (non-hydrogen) atoms. The van der Waals surface area contributed by atoms with Gasteiger partial charge >= 0.3 is 0 Å². The van der Waals surface area contributed by atoms with Crippen LogP contribution in [0.25, 0.3) is 0 Å². The Kier molecular flexibility index (Phi) is 3.46. The monoisotopic (exact) mass is 179 g/mol. The third-order valence-electron chi connectivity index (χ3n) is 1.84. The van der Waals surface area contributed by atoms with Crippen LogP contribution >= 0.6 is 0 Å². The first-order valence-electron chi connectivity index (χ1n) is 4.14. The van der Waals surface area contributed by atoms with Crippen LogP contribution < -0.4 is 0 Å². The van der Waals surface area contributed by atoms with Crippen LogP contribution in [0.1, 0.15) is 25.0 Å². The Labute approximate surface area is 77.3 Å². The SMILES string of the molecule is CC(CC(O)c1ccccc1)=NO. The maximum Gasteiger partial charge on any atom is 0.0843 e. The van der Waals surface area contributed by atoms with Gasteiger partial charge in [-0.1, -0.05) is 35.5 Å². The molecule has 1 aromatic carbocycles. The molecule has 3 heteroatoms. The molecule has 0 saturated heterocycles. The Balaban J connectivity index is 2.64. The van der Waals surface area contributed by atoms with Crippen LogP contribution in [0, 0.1) is 0 Å². The van der Waals surface area contributed by atoms with Crippen LogP contribution in [0.4, 0.5) is 0 Å². The Bertz CT molecular complexity index is 282. The van der Waals surface area contributed by atoms with Crippen molar-refractivity contribution in [1.82, 2.24) is 0 Å². The number of rotatable bonds is 3. The van der Waals surface area contributed by atoms with Crippen molar-refractivity contribution in [2.75, 3.05) is 0 Å². The zero-order valence-corrected chi connectivity index (χ0v) is 7.51. The van der Waals surface area contributed by atoms with Crippen molar-refractivity contribution in [2.45, 2.75) is 19.4 Å². The number of benzene rings is 1. The van der Waals surface area contributed by atoms with Gasteiger partial charge in [-0.15, -0.1) is 0 Å². The molecule has 0 amide bonds. The van der Waals surface area contributed by atoms with Gasteiger partial charge in [0.05, 0.1) is 11.8 Å². The molecule has 0 bridgehead atoms. The van der Waals surface area contributed by atoms with E-state index in [0.717, 1.165) is 5.56 Å². The van der Waals surface area contributed by atoms with Gasteiger partial charge < -0.3 is 10.3 Å². The van der Waals surface area contributed by atoms with Crippen LogP contribution in [0.15, 0.2) is 35.5 Å². The highest BCUT2D eigenvalue weighted by Crippen LogP contribution is 2.16. The minimum atomic E-state index is -0.586. The minimum Gasteiger partial charge on any atom is -0.411 e. The number of aliphatic hydroxyl groups excluding tert-OH is 1. The van der Waals surface area contributed by atoms with Gasteiger partial charge in [-0.25, -0.2) is 0 Å². The summed E-state index contributed by atoms with van der Waals surface area (Å²) < 4.78 is 0. The Morgan fingerprint density at radius 2 is 2.00 bits per heavy atom. The summed E-state index contributed by atoms with van der Waals surface area (Å²) in [5.74, 6) is 0. The van der Waals surface area contributed by atoms with Crippen molar-refractivity contribution in [3.63, 3.8) is 0 Å². The fraction of sp³-hybridized carbons (Fsp3) is 0.300. The molecule has 1 aromatic rings. The maximum absolute atomic E-state index is 9.63. The van der Waals surface area contributed by atoms with Crippen molar-refractivity contribution in [2.24, 2.45) is 5.16 Å². The van der Waals surface area contributed by atoms with E-state index in [9.17, 15) is 5.11 Å². The average molecular weight is 179 g/mol. The molecule has 0 radical (unpaired) electrons. The number of aliphatic hydroxyl groups is 1. The normalized spacial score (nSPS) is 14.2. The van der Waals surface area contributed by atoms with E-state index in [4.69, 9.17) is 5.21 Å². The van der Waals surface area contributed by atoms with Gasteiger partial charge in [0.25, 0.3) is 0 Å². The summed E-state index contributed by atoms with van der Waals surface area (Å²) in [6.07, 6.45) is -0.224. The number of oxime groups is 1. The standard InChI is InChI=1S/C10H13NO2/c1-8(11-13)7-10(12)9-5-3-2-4-6-9/h2-6,10,12-13H,7H2,1H3. The second-order valence-corrected chi connectivity index (χ2v) is 2.97. The molecular weight excluding hydrogens is 166 g/mol. The van der Waals surface area contributed by atoms with Crippen molar-refractivity contribution >= 4 is 5.71 Å². The fourth-order valence-corrected chi connectivity index (χ4v) is 1.11. The van der Waals surface area contributed by atoms with Gasteiger partial charge in [0.15, 0.2) is 0 Å². The van der Waals surface area contributed by atoms with E-state index in [1.54, 1.807) is 6.92 Å². The first-order valence-corrected chi connectivity index (χ1v) is 4.14. The Hall–Kier alpha value is -1.35. The lowest BCUT2D eigenvalue weighted by Crippen LogP contribution is -2.03. The highest BCUT2D eigenvalue weighted by atomic mass is 16.4. The highest BCUT2D eigenvalue weighted by molar-refractivity contribution is 5.81. The molecule has 0 fully saturated rings. The summed E-state index contributed by atoms with van der Waals surface area (Å²) in [5.41, 5.74) is 1.36. The maximum atomic E-state index is 9.63. The van der Waals surface area contributed by atoms with Crippen LogP contribution in [-0.4, -0.2) is 16.0 Å². The largest absolute Gasteiger partial charge is 0.411 e. The second-order valence-electron chi connectivity index (χ2n) is 2.97. The van der Waals surface area contributed by atoms with E-state index in [2.05, 4.69) is 5.16 Å². The Morgan fingerprint density at radius 3 is 2.54 bits per heavy atom. The third kappa shape index (κ3) is 2.87. The van der Waals surface area contributed by atoms with Crippen molar-refractivity contribution in [1.29, 1.82) is 0 Å². The Morgan fingerprint density at radius 1 is 1.38 bits per heavy atom. The molecule has 0 saturated carbocycles. The molecule has 0 spiro atoms. The van der Waals surface area contributed by atoms with E-state index < -0.39 is 6.10 Å². The first-order chi connectivity index (χ1) is 6.24. The first kappa shape index (κ1) is 9.74. The van der Waals surface area contributed by atoms with E-state index in [0.29, 0.717) is 12.1 Å². The molecule has 0 aromatic heterocycles. The van der Waals surface area contributed by atoms with Crippen LogP contribution in [-0.2, 0) is 0 Å². The smallest absolute Gasteiger partial charge is 0.0843 e. The highest BCUT2D eigenvalue weighted by Gasteiger charge is 2.07. The molecule has 0 aliphatic heterocycles. The summed E-state index contributed by atoms with van der Waals surface area (Å²) in [6.45, 7) is 1.67. The summed E-state index contributed by atoms with van der Waals surface area (Å²) in [5, 5.41) is 21.0. The van der Waals surface area contributed by atoms with Gasteiger partial charge in [-0.05, 0) is 12.5 Å². The predicted molar refractivity (Wildman–Crippen MR) is 50.9 cm³/mol. The molecule has 1 unspecified atom stereocenters. The van der Waals surface area contributed by atoms with E-state index in [1.807, 2.05) is 30.3 Å². The van der Waals surface area contributed by atoms with Gasteiger partial charge in [0.2, 0.25) is 0 Å². The van der Waals surface area contributed by atoms with Crippen molar-refractivity contribution in [3.8, 4) is 0 Å². The van der Waals surface area contributed by atoms with E-state index >= 15 is 0 Å². The zero-order chi connectivity index (χ0) is 9.68. The lowest BCUT2D eigenvalue weighted by atomic mass is 10.1. The van der Waals surface area contributed by atoms with E-state index in [1.165, 1.54) is 0 Å². The lowest BCUT2D eigenvalue weighted by molar-refractivity contribution is 0.184. The molecular formula is C10H13NO2. The van der Waals surface area contributed by atoms with Gasteiger partial charge in [0.1, 0.15) is 0 Å². The van der Waals surface area contributed by atoms with Crippen molar-refractivity contribution < 1.29 is 10.3 Å². The second kappa shape index (κ2) is 4.62. The number of nitrogens with zero attached hydrogens (tertiary/aromatic N) is 1. The van der Waals surface area contributed by atoms with Crippen LogP contribution in [0.5, 0.6) is 0 Å². The topological polar surface area (TPSA) is 52.8 Å². The summed E-state index contributed by atoms with van der Waals surface area (Å²) >= 11 is 0. The molecule has 2 N–H and O–H groups in total. The van der Waals surface area contributed by atoms with Crippen LogP contribution in [0.2, 0.25) is 0 Å². The predicted octanol–water partition coefficient (Wildman–Crippen LogP) is 1.96. The van der Waals surface area contributed by atoms with Gasteiger partial charge in [0, 0.05) is 6.42 Å². The summed E-state index contributed by atoms with van der Waals surface area (Å²) in [4.78, 5) is 0. The third-order valence-corrected chi connectivity index (χ3v) is 1.84. The molecule has 70 valence electrons. The summed E-state index contributed by atoms with van der Waals surface area (Å²) in [7, 11) is 0. The lowest BCUT2D eigenvalue weighted by Gasteiger charge is -2.08. The van der Waals surface area contributed by atoms with Crippen LogP contribution in [0.3, 0.4) is 0 Å². The zero-order valence-electron chi connectivity index (χ0n) is 7.51. The van der Waals surface area contributed by atoms with Gasteiger partial charge in [-0.3, -0.25) is 0 Å². The quantitative estimate of drug-likeness (QED) is 0.423. The molecule has 0 heterocycles. The molecule has 1 atom stereocenters.